The maximum atomic E-state index is 9.56. The summed E-state index contributed by atoms with van der Waals surface area (Å²) >= 11 is 0. The third-order valence-electron chi connectivity index (χ3n) is 8.82. The Kier molecular flexibility index (Phi) is 6.15. The average molecular weight is 580 g/mol. The van der Waals surface area contributed by atoms with Crippen molar-refractivity contribution in [3.05, 3.63) is 145 Å². The molecular weight excluding hydrogens is 546 g/mol. The zero-order valence-corrected chi connectivity index (χ0v) is 25.8. The molecule has 0 unspecified atom stereocenters. The van der Waals surface area contributed by atoms with E-state index in [9.17, 15) is 5.26 Å². The average Bonchev–Trinajstić information content (AvgIpc) is 3.56. The van der Waals surface area contributed by atoms with Crippen molar-refractivity contribution in [3.63, 3.8) is 0 Å². The van der Waals surface area contributed by atoms with Gasteiger partial charge in [0.1, 0.15) is 0 Å². The standard InChI is InChI=1S/C42H33N3/c1-42(2,3)26-28-18-20-40-36(22-28)34-14-4-6-16-38(34)44(40)32-12-8-10-30(24-32)31-11-9-13-33(25-31)45-39-17-7-5-15-35(39)37-23-29(27-43)19-21-41(37)45/h4-25H,26H2,1-3H3. The molecule has 2 heterocycles. The van der Waals surface area contributed by atoms with Crippen molar-refractivity contribution in [3.8, 4) is 28.6 Å². The number of aromatic nitrogens is 2. The third kappa shape index (κ3) is 4.58. The molecule has 0 radical (unpaired) electrons. The van der Waals surface area contributed by atoms with Gasteiger partial charge in [-0.15, -0.1) is 0 Å². The molecule has 8 rings (SSSR count). The van der Waals surface area contributed by atoms with Gasteiger partial charge in [0.05, 0.1) is 33.7 Å². The zero-order valence-electron chi connectivity index (χ0n) is 25.8. The molecule has 0 atom stereocenters. The lowest BCUT2D eigenvalue weighted by atomic mass is 9.88. The van der Waals surface area contributed by atoms with Crippen LogP contribution in [0.15, 0.2) is 133 Å². The number of hydrogen-bond acceptors (Lipinski definition) is 1. The highest BCUT2D eigenvalue weighted by Crippen LogP contribution is 2.37. The van der Waals surface area contributed by atoms with Crippen molar-refractivity contribution in [2.45, 2.75) is 27.2 Å². The molecule has 2 aromatic heterocycles. The fraction of sp³-hybridized carbons (Fsp3) is 0.119. The Hall–Kier alpha value is -5.59. The highest BCUT2D eigenvalue weighted by molar-refractivity contribution is 6.10. The highest BCUT2D eigenvalue weighted by Gasteiger charge is 2.17. The second kappa shape index (κ2) is 10.3. The van der Waals surface area contributed by atoms with E-state index in [4.69, 9.17) is 0 Å². The summed E-state index contributed by atoms with van der Waals surface area (Å²) in [7, 11) is 0. The molecule has 216 valence electrons. The zero-order chi connectivity index (χ0) is 30.7. The molecule has 8 aromatic rings. The van der Waals surface area contributed by atoms with Gasteiger partial charge in [0, 0.05) is 32.9 Å². The first-order valence-electron chi connectivity index (χ1n) is 15.5. The molecule has 0 fully saturated rings. The Labute approximate surface area is 263 Å². The molecule has 0 N–H and O–H groups in total. The van der Waals surface area contributed by atoms with Crippen molar-refractivity contribution in [1.82, 2.24) is 9.13 Å². The van der Waals surface area contributed by atoms with E-state index in [1.807, 2.05) is 12.1 Å². The van der Waals surface area contributed by atoms with Crippen LogP contribution in [0, 0.1) is 16.7 Å². The van der Waals surface area contributed by atoms with Gasteiger partial charge in [0.2, 0.25) is 0 Å². The van der Waals surface area contributed by atoms with Gasteiger partial charge >= 0.3 is 0 Å². The second-order valence-corrected chi connectivity index (χ2v) is 13.2. The summed E-state index contributed by atoms with van der Waals surface area (Å²) in [5.74, 6) is 0. The quantitative estimate of drug-likeness (QED) is 0.204. The normalized spacial score (nSPS) is 12.0. The molecule has 45 heavy (non-hydrogen) atoms. The van der Waals surface area contributed by atoms with Gasteiger partial charge in [-0.05, 0) is 95.3 Å². The molecule has 0 spiro atoms. The number of para-hydroxylation sites is 2. The lowest BCUT2D eigenvalue weighted by molar-refractivity contribution is 0.411. The highest BCUT2D eigenvalue weighted by atomic mass is 15.0. The molecule has 6 aromatic carbocycles. The van der Waals surface area contributed by atoms with Crippen LogP contribution in [0.3, 0.4) is 0 Å². The van der Waals surface area contributed by atoms with E-state index >= 15 is 0 Å². The molecule has 0 amide bonds. The van der Waals surface area contributed by atoms with Gasteiger partial charge in [0.15, 0.2) is 0 Å². The van der Waals surface area contributed by atoms with E-state index in [2.05, 4.69) is 157 Å². The molecular formula is C42H33N3. The summed E-state index contributed by atoms with van der Waals surface area (Å²) in [6, 6.07) is 50.1. The van der Waals surface area contributed by atoms with Gasteiger partial charge < -0.3 is 9.13 Å². The van der Waals surface area contributed by atoms with Gasteiger partial charge in [-0.1, -0.05) is 87.5 Å². The molecule has 3 nitrogen and oxygen atoms in total. The Bertz CT molecular complexity index is 2460. The Morgan fingerprint density at radius 1 is 0.511 bits per heavy atom. The van der Waals surface area contributed by atoms with E-state index < -0.39 is 0 Å². The van der Waals surface area contributed by atoms with Crippen molar-refractivity contribution in [2.24, 2.45) is 5.41 Å². The lowest BCUT2D eigenvalue weighted by Gasteiger charge is -2.18. The fourth-order valence-electron chi connectivity index (χ4n) is 6.99. The van der Waals surface area contributed by atoms with Crippen LogP contribution >= 0.6 is 0 Å². The molecule has 0 bridgehead atoms. The SMILES string of the molecule is CC(C)(C)Cc1ccc2c(c1)c1ccccc1n2-c1cccc(-c2cccc(-n3c4ccccc4c4cc(C#N)ccc43)c2)c1. The van der Waals surface area contributed by atoms with Crippen LogP contribution in [-0.4, -0.2) is 9.13 Å². The number of hydrogen-bond donors (Lipinski definition) is 0. The molecule has 0 saturated carbocycles. The lowest BCUT2D eigenvalue weighted by Crippen LogP contribution is -2.08. The van der Waals surface area contributed by atoms with Gasteiger partial charge in [-0.2, -0.15) is 5.26 Å². The van der Waals surface area contributed by atoms with Gasteiger partial charge in [0.25, 0.3) is 0 Å². The fourth-order valence-corrected chi connectivity index (χ4v) is 6.99. The monoisotopic (exact) mass is 579 g/mol. The molecule has 0 aliphatic rings. The maximum Gasteiger partial charge on any atom is 0.0991 e. The van der Waals surface area contributed by atoms with Crippen LogP contribution in [0.1, 0.15) is 31.9 Å². The minimum Gasteiger partial charge on any atom is -0.309 e. The molecule has 0 aliphatic carbocycles. The summed E-state index contributed by atoms with van der Waals surface area (Å²) in [5.41, 5.74) is 11.5. The summed E-state index contributed by atoms with van der Waals surface area (Å²) in [5, 5.41) is 14.4. The van der Waals surface area contributed by atoms with Crippen LogP contribution in [-0.2, 0) is 6.42 Å². The largest absolute Gasteiger partial charge is 0.309 e. The molecule has 0 aliphatic heterocycles. The first kappa shape index (κ1) is 27.0. The number of nitrogens with zero attached hydrogens (tertiary/aromatic N) is 3. The van der Waals surface area contributed by atoms with Crippen molar-refractivity contribution < 1.29 is 0 Å². The maximum absolute atomic E-state index is 9.56. The number of nitriles is 1. The Morgan fingerprint density at radius 2 is 1.02 bits per heavy atom. The van der Waals surface area contributed by atoms with Crippen LogP contribution < -0.4 is 0 Å². The van der Waals surface area contributed by atoms with E-state index in [0.29, 0.717) is 5.56 Å². The van der Waals surface area contributed by atoms with Gasteiger partial charge in [-0.3, -0.25) is 0 Å². The van der Waals surface area contributed by atoms with Gasteiger partial charge in [-0.25, -0.2) is 0 Å². The number of benzene rings is 6. The first-order valence-corrected chi connectivity index (χ1v) is 15.5. The predicted octanol–water partition coefficient (Wildman–Crippen LogP) is 11.0. The molecule has 3 heteroatoms. The Balaban J connectivity index is 1.27. The van der Waals surface area contributed by atoms with Crippen LogP contribution in [0.2, 0.25) is 0 Å². The summed E-state index contributed by atoms with van der Waals surface area (Å²) < 4.78 is 4.71. The Morgan fingerprint density at radius 3 is 1.58 bits per heavy atom. The van der Waals surface area contributed by atoms with Crippen molar-refractivity contribution in [2.75, 3.05) is 0 Å². The minimum absolute atomic E-state index is 0.230. The van der Waals surface area contributed by atoms with Crippen LogP contribution in [0.5, 0.6) is 0 Å². The number of fused-ring (bicyclic) bond motifs is 6. The van der Waals surface area contributed by atoms with Crippen molar-refractivity contribution in [1.29, 1.82) is 5.26 Å². The predicted molar refractivity (Wildman–Crippen MR) is 188 cm³/mol. The number of rotatable bonds is 4. The van der Waals surface area contributed by atoms with Crippen LogP contribution in [0.25, 0.3) is 66.1 Å². The van der Waals surface area contributed by atoms with E-state index in [1.165, 1.54) is 27.4 Å². The third-order valence-corrected chi connectivity index (χ3v) is 8.82. The minimum atomic E-state index is 0.230. The van der Waals surface area contributed by atoms with Crippen LogP contribution in [0.4, 0.5) is 0 Å². The van der Waals surface area contributed by atoms with E-state index in [0.717, 1.165) is 50.7 Å². The second-order valence-electron chi connectivity index (χ2n) is 13.2. The van der Waals surface area contributed by atoms with Crippen molar-refractivity contribution >= 4 is 43.6 Å². The summed E-state index contributed by atoms with van der Waals surface area (Å²) in [4.78, 5) is 0. The first-order chi connectivity index (χ1) is 21.9. The molecule has 0 saturated heterocycles. The summed E-state index contributed by atoms with van der Waals surface area (Å²) in [6.07, 6.45) is 1.04. The van der Waals surface area contributed by atoms with E-state index in [-0.39, 0.29) is 5.41 Å². The smallest absolute Gasteiger partial charge is 0.0991 e. The topological polar surface area (TPSA) is 33.6 Å². The summed E-state index contributed by atoms with van der Waals surface area (Å²) in [6.45, 7) is 6.90. The van der Waals surface area contributed by atoms with E-state index in [1.54, 1.807) is 0 Å².